The number of hydrogen-bond donors (Lipinski definition) is 2. The van der Waals surface area contributed by atoms with Gasteiger partial charge >= 0.3 is 0 Å². The van der Waals surface area contributed by atoms with Crippen molar-refractivity contribution in [3.8, 4) is 0 Å². The first-order valence-corrected chi connectivity index (χ1v) is 9.71. The molecule has 0 saturated heterocycles. The van der Waals surface area contributed by atoms with E-state index in [1.54, 1.807) is 0 Å². The quantitative estimate of drug-likeness (QED) is 0.591. The van der Waals surface area contributed by atoms with Crippen molar-refractivity contribution < 1.29 is 0 Å². The van der Waals surface area contributed by atoms with E-state index in [-0.39, 0.29) is 0 Å². The van der Waals surface area contributed by atoms with Crippen LogP contribution in [-0.2, 0) is 13.1 Å². The molecule has 1 aromatic heterocycles. The van der Waals surface area contributed by atoms with Crippen LogP contribution in [0.5, 0.6) is 0 Å². The fourth-order valence-electron chi connectivity index (χ4n) is 3.81. The van der Waals surface area contributed by atoms with E-state index in [2.05, 4.69) is 56.4 Å². The lowest BCUT2D eigenvalue weighted by Crippen LogP contribution is -2.42. The average molecular weight is 354 g/mol. The minimum Gasteiger partial charge on any atom is -0.356 e. The molecule has 5 heteroatoms. The lowest BCUT2D eigenvalue weighted by atomic mass is 9.83. The maximum Gasteiger partial charge on any atom is 0.191 e. The number of rotatable bonds is 7. The molecule has 26 heavy (non-hydrogen) atoms. The summed E-state index contributed by atoms with van der Waals surface area (Å²) in [6, 6.07) is 8.71. The second-order valence-electron chi connectivity index (χ2n) is 7.39. The number of imidazole rings is 1. The Balaban J connectivity index is 1.47. The number of nitrogens with one attached hydrogen (secondary N) is 2. The highest BCUT2D eigenvalue weighted by molar-refractivity contribution is 5.79. The third-order valence-corrected chi connectivity index (χ3v) is 5.68. The van der Waals surface area contributed by atoms with Crippen molar-refractivity contribution in [3.05, 3.63) is 54.1 Å². The highest BCUT2D eigenvalue weighted by Crippen LogP contribution is 2.40. The molecule has 0 bridgehead atoms. The minimum absolute atomic E-state index is 0.465. The molecule has 2 aromatic rings. The van der Waals surface area contributed by atoms with Gasteiger partial charge < -0.3 is 15.2 Å². The number of hydrogen-bond acceptors (Lipinski definition) is 2. The number of guanidine groups is 1. The van der Waals surface area contributed by atoms with E-state index in [0.717, 1.165) is 25.6 Å². The van der Waals surface area contributed by atoms with Crippen LogP contribution >= 0.6 is 0 Å². The third-order valence-electron chi connectivity index (χ3n) is 5.68. The molecule has 3 rings (SSSR count). The molecule has 1 aliphatic rings. The smallest absolute Gasteiger partial charge is 0.191 e. The van der Waals surface area contributed by atoms with Gasteiger partial charge in [0.1, 0.15) is 0 Å². The van der Waals surface area contributed by atoms with Gasteiger partial charge in [-0.3, -0.25) is 4.99 Å². The van der Waals surface area contributed by atoms with E-state index in [1.165, 1.54) is 43.2 Å². The molecule has 5 nitrogen and oxygen atoms in total. The zero-order valence-electron chi connectivity index (χ0n) is 16.0. The number of aromatic nitrogens is 2. The largest absolute Gasteiger partial charge is 0.356 e. The van der Waals surface area contributed by atoms with Crippen LogP contribution in [0, 0.1) is 5.41 Å². The molecule has 1 heterocycles. The van der Waals surface area contributed by atoms with E-state index >= 15 is 0 Å². The Kier molecular flexibility index (Phi) is 6.31. The predicted molar refractivity (Wildman–Crippen MR) is 107 cm³/mol. The Hall–Kier alpha value is -2.30. The van der Waals surface area contributed by atoms with Crippen LogP contribution in [0.2, 0.25) is 0 Å². The van der Waals surface area contributed by atoms with Crippen LogP contribution in [0.25, 0.3) is 0 Å². The second-order valence-corrected chi connectivity index (χ2v) is 7.39. The van der Waals surface area contributed by atoms with Crippen molar-refractivity contribution in [2.24, 2.45) is 10.4 Å². The molecule has 2 N–H and O–H groups in total. The normalized spacial score (nSPS) is 16.6. The number of benzene rings is 1. The van der Waals surface area contributed by atoms with Crippen LogP contribution in [0.3, 0.4) is 0 Å². The van der Waals surface area contributed by atoms with Crippen molar-refractivity contribution >= 4 is 5.96 Å². The SMILES string of the molecule is CCC1(CNC(=NC)NCc2ccc(Cn3ccnc3)cc2)CCCC1. The van der Waals surface area contributed by atoms with Gasteiger partial charge in [0, 0.05) is 39.1 Å². The first-order chi connectivity index (χ1) is 12.7. The summed E-state index contributed by atoms with van der Waals surface area (Å²) >= 11 is 0. The van der Waals surface area contributed by atoms with Crippen molar-refractivity contribution in [1.82, 2.24) is 20.2 Å². The predicted octanol–water partition coefficient (Wildman–Crippen LogP) is 3.57. The molecule has 0 amide bonds. The summed E-state index contributed by atoms with van der Waals surface area (Å²) in [5, 5.41) is 6.98. The molecule has 1 saturated carbocycles. The molecule has 0 aliphatic heterocycles. The summed E-state index contributed by atoms with van der Waals surface area (Å²) in [6.45, 7) is 4.97. The van der Waals surface area contributed by atoms with E-state index in [9.17, 15) is 0 Å². The topological polar surface area (TPSA) is 54.2 Å². The minimum atomic E-state index is 0.465. The van der Waals surface area contributed by atoms with Crippen molar-refractivity contribution in [1.29, 1.82) is 0 Å². The average Bonchev–Trinajstić information content (AvgIpc) is 3.35. The summed E-state index contributed by atoms with van der Waals surface area (Å²) in [5.41, 5.74) is 3.00. The maximum absolute atomic E-state index is 4.38. The third kappa shape index (κ3) is 4.87. The molecule has 1 aliphatic carbocycles. The van der Waals surface area contributed by atoms with Crippen molar-refractivity contribution in [2.75, 3.05) is 13.6 Å². The van der Waals surface area contributed by atoms with Crippen LogP contribution < -0.4 is 10.6 Å². The van der Waals surface area contributed by atoms with Gasteiger partial charge in [-0.15, -0.1) is 0 Å². The Bertz CT molecular complexity index is 682. The number of aliphatic imine (C=N–C) groups is 1. The first-order valence-electron chi connectivity index (χ1n) is 9.71. The van der Waals surface area contributed by atoms with E-state index < -0.39 is 0 Å². The van der Waals surface area contributed by atoms with Gasteiger partial charge in [-0.25, -0.2) is 4.98 Å². The maximum atomic E-state index is 4.38. The molecular formula is C21H31N5. The molecular weight excluding hydrogens is 322 g/mol. The number of nitrogens with zero attached hydrogens (tertiary/aromatic N) is 3. The van der Waals surface area contributed by atoms with Crippen LogP contribution in [0.15, 0.2) is 48.0 Å². The van der Waals surface area contributed by atoms with Crippen molar-refractivity contribution in [3.63, 3.8) is 0 Å². The Morgan fingerprint density at radius 1 is 1.15 bits per heavy atom. The summed E-state index contributed by atoms with van der Waals surface area (Å²) in [7, 11) is 1.84. The summed E-state index contributed by atoms with van der Waals surface area (Å²) < 4.78 is 2.08. The fourth-order valence-corrected chi connectivity index (χ4v) is 3.81. The molecule has 0 radical (unpaired) electrons. The zero-order valence-corrected chi connectivity index (χ0v) is 16.0. The Morgan fingerprint density at radius 2 is 1.88 bits per heavy atom. The van der Waals surface area contributed by atoms with Gasteiger partial charge in [-0.2, -0.15) is 0 Å². The molecule has 140 valence electrons. The van der Waals surface area contributed by atoms with E-state index in [1.807, 2.05) is 25.8 Å². The van der Waals surface area contributed by atoms with Crippen LogP contribution in [0.1, 0.15) is 50.2 Å². The highest BCUT2D eigenvalue weighted by Gasteiger charge is 2.31. The molecule has 1 fully saturated rings. The van der Waals surface area contributed by atoms with Gasteiger partial charge in [-0.05, 0) is 35.8 Å². The lowest BCUT2D eigenvalue weighted by molar-refractivity contribution is 0.283. The monoisotopic (exact) mass is 353 g/mol. The first kappa shape index (κ1) is 18.5. The van der Waals surface area contributed by atoms with Crippen molar-refractivity contribution in [2.45, 2.75) is 52.1 Å². The van der Waals surface area contributed by atoms with Gasteiger partial charge in [0.05, 0.1) is 6.33 Å². The fraction of sp³-hybridized carbons (Fsp3) is 0.524. The van der Waals surface area contributed by atoms with Gasteiger partial charge in [0.25, 0.3) is 0 Å². The van der Waals surface area contributed by atoms with Gasteiger partial charge in [-0.1, -0.05) is 44.0 Å². The molecule has 0 atom stereocenters. The molecule has 0 unspecified atom stereocenters. The molecule has 0 spiro atoms. The second kappa shape index (κ2) is 8.88. The van der Waals surface area contributed by atoms with Gasteiger partial charge in [0.2, 0.25) is 0 Å². The van der Waals surface area contributed by atoms with E-state index in [0.29, 0.717) is 5.41 Å². The summed E-state index contributed by atoms with van der Waals surface area (Å²) in [5.74, 6) is 0.896. The summed E-state index contributed by atoms with van der Waals surface area (Å²) in [6.07, 6.45) is 12.3. The van der Waals surface area contributed by atoms with Gasteiger partial charge in [0.15, 0.2) is 5.96 Å². The summed E-state index contributed by atoms with van der Waals surface area (Å²) in [4.78, 5) is 8.46. The lowest BCUT2D eigenvalue weighted by Gasteiger charge is -2.28. The van der Waals surface area contributed by atoms with Crippen LogP contribution in [0.4, 0.5) is 0 Å². The van der Waals surface area contributed by atoms with E-state index in [4.69, 9.17) is 0 Å². The zero-order chi connectivity index (χ0) is 18.2. The Labute approximate surface area is 156 Å². The standard InChI is InChI=1S/C21H31N5/c1-3-21(10-4-5-11-21)16-25-20(22-2)24-14-18-6-8-19(9-7-18)15-26-13-12-23-17-26/h6-9,12-13,17H,3-5,10-11,14-16H2,1-2H3,(H2,22,24,25). The van der Waals surface area contributed by atoms with Crippen LogP contribution in [-0.4, -0.2) is 29.1 Å². The molecule has 1 aromatic carbocycles. The highest BCUT2D eigenvalue weighted by atomic mass is 15.2. The Morgan fingerprint density at radius 3 is 2.50 bits per heavy atom.